The lowest BCUT2D eigenvalue weighted by Gasteiger charge is -2.13. The van der Waals surface area contributed by atoms with Gasteiger partial charge in [-0.25, -0.2) is 13.1 Å². The Morgan fingerprint density at radius 2 is 2.06 bits per heavy atom. The van der Waals surface area contributed by atoms with Crippen molar-refractivity contribution in [1.29, 1.82) is 0 Å². The van der Waals surface area contributed by atoms with Gasteiger partial charge in [-0.15, -0.1) is 0 Å². The predicted molar refractivity (Wildman–Crippen MR) is 70.8 cm³/mol. The van der Waals surface area contributed by atoms with Gasteiger partial charge < -0.3 is 4.74 Å². The van der Waals surface area contributed by atoms with Crippen LogP contribution >= 0.6 is 15.9 Å². The van der Waals surface area contributed by atoms with Gasteiger partial charge >= 0.3 is 0 Å². The van der Waals surface area contributed by atoms with Crippen LogP contribution in [0.15, 0.2) is 27.6 Å². The molecule has 0 aromatic heterocycles. The first-order valence-corrected chi connectivity index (χ1v) is 7.59. The van der Waals surface area contributed by atoms with E-state index >= 15 is 0 Å². The third-order valence-electron chi connectivity index (χ3n) is 1.89. The first-order chi connectivity index (χ1) is 7.86. The predicted octanol–water partition coefficient (Wildman–Crippen LogP) is 2.53. The van der Waals surface area contributed by atoms with Gasteiger partial charge in [-0.05, 0) is 39.0 Å². The van der Waals surface area contributed by atoms with Gasteiger partial charge in [0, 0.05) is 10.5 Å². The molecule has 17 heavy (non-hydrogen) atoms. The summed E-state index contributed by atoms with van der Waals surface area (Å²) in [6.45, 7) is 5.78. The number of rotatable bonds is 5. The number of nitrogens with one attached hydrogen (secondary N) is 1. The van der Waals surface area contributed by atoms with Crippen LogP contribution in [0.3, 0.4) is 0 Å². The van der Waals surface area contributed by atoms with E-state index in [1.165, 1.54) is 6.07 Å². The van der Waals surface area contributed by atoms with Crippen LogP contribution in [0, 0.1) is 0 Å². The first kappa shape index (κ1) is 14.5. The van der Waals surface area contributed by atoms with E-state index in [0.717, 1.165) is 0 Å². The number of sulfonamides is 1. The molecule has 96 valence electrons. The van der Waals surface area contributed by atoms with Gasteiger partial charge in [-0.3, -0.25) is 0 Å². The molecule has 1 aromatic rings. The minimum atomic E-state index is -3.54. The SMILES string of the molecule is CCOc1ccc(Br)cc1S(=O)(=O)NC(C)C. The van der Waals surface area contributed by atoms with E-state index in [4.69, 9.17) is 4.74 Å². The fourth-order valence-corrected chi connectivity index (χ4v) is 3.27. The molecule has 4 nitrogen and oxygen atoms in total. The zero-order chi connectivity index (χ0) is 13.1. The maximum atomic E-state index is 12.1. The van der Waals surface area contributed by atoms with Crippen LogP contribution in [0.25, 0.3) is 0 Å². The van der Waals surface area contributed by atoms with Gasteiger partial charge in [0.05, 0.1) is 6.61 Å². The van der Waals surface area contributed by atoms with Crippen LogP contribution in [-0.4, -0.2) is 21.1 Å². The normalized spacial score (nSPS) is 11.8. The fourth-order valence-electron chi connectivity index (χ4n) is 1.34. The van der Waals surface area contributed by atoms with Crippen LogP contribution in [0.5, 0.6) is 5.75 Å². The molecule has 1 N–H and O–H groups in total. The molecule has 0 heterocycles. The van der Waals surface area contributed by atoms with E-state index in [9.17, 15) is 8.42 Å². The average molecular weight is 322 g/mol. The summed E-state index contributed by atoms with van der Waals surface area (Å²) in [5.41, 5.74) is 0. The van der Waals surface area contributed by atoms with Crippen molar-refractivity contribution in [2.45, 2.75) is 31.7 Å². The van der Waals surface area contributed by atoms with Crippen molar-refractivity contribution in [3.8, 4) is 5.75 Å². The number of halogens is 1. The molecule has 0 fully saturated rings. The summed E-state index contributed by atoms with van der Waals surface area (Å²) in [6, 6.07) is 4.77. The highest BCUT2D eigenvalue weighted by atomic mass is 79.9. The Balaban J connectivity index is 3.23. The van der Waals surface area contributed by atoms with E-state index in [-0.39, 0.29) is 10.9 Å². The van der Waals surface area contributed by atoms with Crippen LogP contribution in [0.4, 0.5) is 0 Å². The van der Waals surface area contributed by atoms with Crippen molar-refractivity contribution in [1.82, 2.24) is 4.72 Å². The molecule has 1 rings (SSSR count). The Morgan fingerprint density at radius 3 is 2.59 bits per heavy atom. The van der Waals surface area contributed by atoms with Crippen molar-refractivity contribution in [3.63, 3.8) is 0 Å². The van der Waals surface area contributed by atoms with Crippen molar-refractivity contribution in [2.24, 2.45) is 0 Å². The molecule has 0 amide bonds. The number of hydrogen-bond donors (Lipinski definition) is 1. The van der Waals surface area contributed by atoms with Gasteiger partial charge in [0.25, 0.3) is 0 Å². The second kappa shape index (κ2) is 5.84. The maximum Gasteiger partial charge on any atom is 0.244 e. The third-order valence-corrected chi connectivity index (χ3v) is 4.06. The second-order valence-electron chi connectivity index (χ2n) is 3.80. The summed E-state index contributed by atoms with van der Waals surface area (Å²) in [5.74, 6) is 0.365. The molecule has 0 radical (unpaired) electrons. The molecule has 0 aliphatic rings. The molecule has 0 unspecified atom stereocenters. The summed E-state index contributed by atoms with van der Waals surface area (Å²) in [4.78, 5) is 0.155. The highest BCUT2D eigenvalue weighted by Crippen LogP contribution is 2.27. The van der Waals surface area contributed by atoms with E-state index in [2.05, 4.69) is 20.7 Å². The Labute approximate surface area is 111 Å². The first-order valence-electron chi connectivity index (χ1n) is 5.31. The fraction of sp³-hybridized carbons (Fsp3) is 0.455. The Morgan fingerprint density at radius 1 is 1.41 bits per heavy atom. The molecule has 6 heteroatoms. The molecule has 0 aliphatic carbocycles. The highest BCUT2D eigenvalue weighted by molar-refractivity contribution is 9.10. The summed E-state index contributed by atoms with van der Waals surface area (Å²) in [5, 5.41) is 0. The van der Waals surface area contributed by atoms with E-state index in [0.29, 0.717) is 16.8 Å². The lowest BCUT2D eigenvalue weighted by molar-refractivity contribution is 0.331. The van der Waals surface area contributed by atoms with Crippen molar-refractivity contribution < 1.29 is 13.2 Å². The molecule has 0 saturated carbocycles. The number of ether oxygens (including phenoxy) is 1. The van der Waals surface area contributed by atoms with E-state index in [1.54, 1.807) is 26.0 Å². The molecule has 0 atom stereocenters. The Bertz CT molecular complexity index is 485. The standard InChI is InChI=1S/C11H16BrNO3S/c1-4-16-10-6-5-9(12)7-11(10)17(14,15)13-8(2)3/h5-8,13H,4H2,1-3H3. The van der Waals surface area contributed by atoms with Crippen LogP contribution in [0.2, 0.25) is 0 Å². The van der Waals surface area contributed by atoms with E-state index in [1.807, 2.05) is 6.92 Å². The number of benzene rings is 1. The molecule has 1 aromatic carbocycles. The average Bonchev–Trinajstić information content (AvgIpc) is 2.19. The lowest BCUT2D eigenvalue weighted by Crippen LogP contribution is -2.30. The zero-order valence-electron chi connectivity index (χ0n) is 10.0. The monoisotopic (exact) mass is 321 g/mol. The second-order valence-corrected chi connectivity index (χ2v) is 6.40. The van der Waals surface area contributed by atoms with Gasteiger partial charge in [-0.1, -0.05) is 15.9 Å². The van der Waals surface area contributed by atoms with Gasteiger partial charge in [0.1, 0.15) is 10.6 Å². The van der Waals surface area contributed by atoms with Crippen molar-refractivity contribution in [3.05, 3.63) is 22.7 Å². The Kier molecular flexibility index (Phi) is 4.97. The molecule has 0 saturated heterocycles. The van der Waals surface area contributed by atoms with Crippen LogP contribution in [0.1, 0.15) is 20.8 Å². The molecule has 0 aliphatic heterocycles. The number of hydrogen-bond acceptors (Lipinski definition) is 3. The summed E-state index contributed by atoms with van der Waals surface area (Å²) in [7, 11) is -3.54. The molecular weight excluding hydrogens is 306 g/mol. The maximum absolute atomic E-state index is 12.1. The summed E-state index contributed by atoms with van der Waals surface area (Å²) < 4.78 is 32.7. The molecule has 0 spiro atoms. The highest BCUT2D eigenvalue weighted by Gasteiger charge is 2.20. The molecule has 0 bridgehead atoms. The molecular formula is C11H16BrNO3S. The largest absolute Gasteiger partial charge is 0.492 e. The lowest BCUT2D eigenvalue weighted by atomic mass is 10.3. The van der Waals surface area contributed by atoms with Gasteiger partial charge in [0.2, 0.25) is 10.0 Å². The summed E-state index contributed by atoms with van der Waals surface area (Å²) in [6.07, 6.45) is 0. The smallest absolute Gasteiger partial charge is 0.244 e. The van der Waals surface area contributed by atoms with Gasteiger partial charge in [0.15, 0.2) is 0 Å². The van der Waals surface area contributed by atoms with Gasteiger partial charge in [-0.2, -0.15) is 0 Å². The topological polar surface area (TPSA) is 55.4 Å². The quantitative estimate of drug-likeness (QED) is 0.906. The minimum absolute atomic E-state index is 0.155. The zero-order valence-corrected chi connectivity index (χ0v) is 12.4. The summed E-state index contributed by atoms with van der Waals surface area (Å²) >= 11 is 3.26. The van der Waals surface area contributed by atoms with Crippen LogP contribution in [-0.2, 0) is 10.0 Å². The Hall–Kier alpha value is -0.590. The van der Waals surface area contributed by atoms with Crippen molar-refractivity contribution >= 4 is 26.0 Å². The van der Waals surface area contributed by atoms with Crippen molar-refractivity contribution in [2.75, 3.05) is 6.61 Å². The van der Waals surface area contributed by atoms with E-state index < -0.39 is 10.0 Å². The third kappa shape index (κ3) is 3.97. The minimum Gasteiger partial charge on any atom is -0.492 e. The van der Waals surface area contributed by atoms with Crippen LogP contribution < -0.4 is 9.46 Å².